The summed E-state index contributed by atoms with van der Waals surface area (Å²) < 4.78 is 1.97. The van der Waals surface area contributed by atoms with Crippen LogP contribution in [-0.4, -0.2) is 25.8 Å². The van der Waals surface area contributed by atoms with E-state index in [0.29, 0.717) is 12.4 Å². The first kappa shape index (κ1) is 13.0. The van der Waals surface area contributed by atoms with Crippen LogP contribution in [0.4, 0.5) is 11.5 Å². The van der Waals surface area contributed by atoms with Crippen molar-refractivity contribution in [3.05, 3.63) is 64.7 Å². The highest BCUT2D eigenvalue weighted by atomic mass is 16.6. The zero-order valence-corrected chi connectivity index (χ0v) is 11.1. The standard InChI is InChI=1S/C14H13N5O2/c20-19(21)12-4-5-13(16-9-12)15-7-6-11-10-18-8-2-1-3-14(18)17-11/h1-5,8-10H,6-7H2,(H,15,16). The van der Waals surface area contributed by atoms with Crippen molar-refractivity contribution in [1.82, 2.24) is 14.4 Å². The third-order valence-corrected chi connectivity index (χ3v) is 3.06. The van der Waals surface area contributed by atoms with Crippen molar-refractivity contribution in [2.45, 2.75) is 6.42 Å². The summed E-state index contributed by atoms with van der Waals surface area (Å²) in [6, 6.07) is 8.89. The van der Waals surface area contributed by atoms with E-state index in [2.05, 4.69) is 15.3 Å². The van der Waals surface area contributed by atoms with Crippen LogP contribution in [0.5, 0.6) is 0 Å². The van der Waals surface area contributed by atoms with Crippen molar-refractivity contribution >= 4 is 17.2 Å². The lowest BCUT2D eigenvalue weighted by molar-refractivity contribution is -0.385. The number of fused-ring (bicyclic) bond motifs is 1. The van der Waals surface area contributed by atoms with Crippen LogP contribution in [0.2, 0.25) is 0 Å². The normalized spacial score (nSPS) is 10.7. The number of rotatable bonds is 5. The van der Waals surface area contributed by atoms with Crippen LogP contribution in [0.3, 0.4) is 0 Å². The SMILES string of the molecule is O=[N+]([O-])c1ccc(NCCc2cn3ccccc3n2)nc1. The van der Waals surface area contributed by atoms with Gasteiger partial charge in [-0.25, -0.2) is 9.97 Å². The third-order valence-electron chi connectivity index (χ3n) is 3.06. The minimum Gasteiger partial charge on any atom is -0.370 e. The van der Waals surface area contributed by atoms with E-state index in [1.54, 1.807) is 6.07 Å². The topological polar surface area (TPSA) is 85.4 Å². The van der Waals surface area contributed by atoms with Gasteiger partial charge in [0.15, 0.2) is 0 Å². The Kier molecular flexibility index (Phi) is 3.46. The number of hydrogen-bond acceptors (Lipinski definition) is 5. The minimum absolute atomic E-state index is 0.0131. The van der Waals surface area contributed by atoms with Gasteiger partial charge in [0.25, 0.3) is 5.69 Å². The summed E-state index contributed by atoms with van der Waals surface area (Å²) in [7, 11) is 0. The summed E-state index contributed by atoms with van der Waals surface area (Å²) in [6.45, 7) is 0.661. The van der Waals surface area contributed by atoms with Gasteiger partial charge in [-0.2, -0.15) is 0 Å². The number of nitro groups is 1. The maximum atomic E-state index is 10.5. The van der Waals surface area contributed by atoms with Gasteiger partial charge in [-0.3, -0.25) is 10.1 Å². The summed E-state index contributed by atoms with van der Waals surface area (Å²) >= 11 is 0. The molecule has 0 aromatic carbocycles. The number of nitrogens with zero attached hydrogens (tertiary/aromatic N) is 4. The van der Waals surface area contributed by atoms with Gasteiger partial charge in [0.1, 0.15) is 17.7 Å². The largest absolute Gasteiger partial charge is 0.370 e. The average Bonchev–Trinajstić information content (AvgIpc) is 2.90. The lowest BCUT2D eigenvalue weighted by atomic mass is 10.3. The van der Waals surface area contributed by atoms with E-state index < -0.39 is 4.92 Å². The molecule has 7 nitrogen and oxygen atoms in total. The zero-order valence-electron chi connectivity index (χ0n) is 11.1. The van der Waals surface area contributed by atoms with Crippen molar-refractivity contribution in [3.8, 4) is 0 Å². The first-order valence-electron chi connectivity index (χ1n) is 6.49. The second kappa shape index (κ2) is 5.58. The Morgan fingerprint density at radius 3 is 2.90 bits per heavy atom. The maximum absolute atomic E-state index is 10.5. The first-order chi connectivity index (χ1) is 10.2. The van der Waals surface area contributed by atoms with Gasteiger partial charge in [0.2, 0.25) is 0 Å². The Morgan fingerprint density at radius 1 is 1.29 bits per heavy atom. The van der Waals surface area contributed by atoms with Gasteiger partial charge in [-0.15, -0.1) is 0 Å². The molecule has 0 radical (unpaired) electrons. The van der Waals surface area contributed by atoms with E-state index in [1.165, 1.54) is 12.3 Å². The second-order valence-corrected chi connectivity index (χ2v) is 4.53. The summed E-state index contributed by atoms with van der Waals surface area (Å²) in [4.78, 5) is 18.6. The van der Waals surface area contributed by atoms with Crippen LogP contribution in [-0.2, 0) is 6.42 Å². The average molecular weight is 283 g/mol. The Hall–Kier alpha value is -2.96. The molecule has 0 aliphatic rings. The van der Waals surface area contributed by atoms with Crippen LogP contribution < -0.4 is 5.32 Å². The summed E-state index contributed by atoms with van der Waals surface area (Å²) in [5, 5.41) is 13.7. The molecule has 0 unspecified atom stereocenters. The maximum Gasteiger partial charge on any atom is 0.287 e. The van der Waals surface area contributed by atoms with E-state index in [1.807, 2.05) is 35.0 Å². The molecule has 3 aromatic heterocycles. The molecule has 106 valence electrons. The first-order valence-corrected chi connectivity index (χ1v) is 6.49. The predicted molar refractivity (Wildman–Crippen MR) is 78.3 cm³/mol. The van der Waals surface area contributed by atoms with Gasteiger partial charge in [0, 0.05) is 31.4 Å². The van der Waals surface area contributed by atoms with Crippen LogP contribution in [0, 0.1) is 10.1 Å². The Bertz CT molecular complexity index is 733. The molecule has 0 bridgehead atoms. The molecule has 0 spiro atoms. The molecule has 7 heteroatoms. The minimum atomic E-state index is -0.465. The molecule has 1 N–H and O–H groups in total. The van der Waals surface area contributed by atoms with Crippen molar-refractivity contribution in [2.75, 3.05) is 11.9 Å². The monoisotopic (exact) mass is 283 g/mol. The van der Waals surface area contributed by atoms with Gasteiger partial charge in [-0.05, 0) is 18.2 Å². The fraction of sp³-hybridized carbons (Fsp3) is 0.143. The fourth-order valence-electron chi connectivity index (χ4n) is 2.02. The predicted octanol–water partition coefficient (Wildman–Crippen LogP) is 2.29. The highest BCUT2D eigenvalue weighted by molar-refractivity contribution is 5.41. The molecule has 0 aliphatic heterocycles. The Labute approximate surface area is 120 Å². The van der Waals surface area contributed by atoms with Crippen molar-refractivity contribution in [3.63, 3.8) is 0 Å². The van der Waals surface area contributed by atoms with E-state index in [4.69, 9.17) is 0 Å². The lowest BCUT2D eigenvalue weighted by Gasteiger charge is -2.03. The summed E-state index contributed by atoms with van der Waals surface area (Å²) in [5.41, 5.74) is 1.89. The van der Waals surface area contributed by atoms with Crippen LogP contribution >= 0.6 is 0 Å². The molecule has 3 rings (SSSR count). The molecule has 0 saturated carbocycles. The number of aromatic nitrogens is 3. The van der Waals surface area contributed by atoms with Crippen LogP contribution in [0.25, 0.3) is 5.65 Å². The zero-order chi connectivity index (χ0) is 14.7. The molecule has 3 aromatic rings. The van der Waals surface area contributed by atoms with Gasteiger partial charge >= 0.3 is 0 Å². The van der Waals surface area contributed by atoms with E-state index >= 15 is 0 Å². The van der Waals surface area contributed by atoms with Gasteiger partial charge in [0.05, 0.1) is 10.6 Å². The molecule has 3 heterocycles. The van der Waals surface area contributed by atoms with Crippen molar-refractivity contribution in [2.24, 2.45) is 0 Å². The van der Waals surface area contributed by atoms with Crippen molar-refractivity contribution in [1.29, 1.82) is 0 Å². The number of nitrogens with one attached hydrogen (secondary N) is 1. The highest BCUT2D eigenvalue weighted by Gasteiger charge is 2.05. The van der Waals surface area contributed by atoms with Crippen LogP contribution in [0.1, 0.15) is 5.69 Å². The number of hydrogen-bond donors (Lipinski definition) is 1. The van der Waals surface area contributed by atoms with E-state index in [0.717, 1.165) is 17.8 Å². The molecular weight excluding hydrogens is 270 g/mol. The van der Waals surface area contributed by atoms with E-state index in [9.17, 15) is 10.1 Å². The fourth-order valence-corrected chi connectivity index (χ4v) is 2.02. The molecule has 0 atom stereocenters. The van der Waals surface area contributed by atoms with Gasteiger partial charge < -0.3 is 9.72 Å². The number of anilines is 1. The molecular formula is C14H13N5O2. The summed E-state index contributed by atoms with van der Waals surface area (Å²) in [6.07, 6.45) is 5.94. The second-order valence-electron chi connectivity index (χ2n) is 4.53. The Balaban J connectivity index is 1.59. The molecule has 0 amide bonds. The molecule has 0 saturated heterocycles. The number of imidazole rings is 1. The molecule has 21 heavy (non-hydrogen) atoms. The van der Waals surface area contributed by atoms with Gasteiger partial charge in [-0.1, -0.05) is 6.07 Å². The third kappa shape index (κ3) is 2.97. The smallest absolute Gasteiger partial charge is 0.287 e. The lowest BCUT2D eigenvalue weighted by Crippen LogP contribution is -2.06. The Morgan fingerprint density at radius 2 is 2.19 bits per heavy atom. The molecule has 0 fully saturated rings. The van der Waals surface area contributed by atoms with Crippen LogP contribution in [0.15, 0.2) is 48.9 Å². The quantitative estimate of drug-likeness (QED) is 0.573. The van der Waals surface area contributed by atoms with Crippen molar-refractivity contribution < 1.29 is 4.92 Å². The highest BCUT2D eigenvalue weighted by Crippen LogP contribution is 2.12. The number of pyridine rings is 2. The van der Waals surface area contributed by atoms with E-state index in [-0.39, 0.29) is 5.69 Å². The summed E-state index contributed by atoms with van der Waals surface area (Å²) in [5.74, 6) is 0.615. The molecule has 0 aliphatic carbocycles.